The first kappa shape index (κ1) is 11.4. The second-order valence-electron chi connectivity index (χ2n) is 2.36. The number of hydrogen-bond acceptors (Lipinski definition) is 3. The van der Waals surface area contributed by atoms with Crippen molar-refractivity contribution in [1.82, 2.24) is 0 Å². The van der Waals surface area contributed by atoms with Gasteiger partial charge in [-0.3, -0.25) is 0 Å². The summed E-state index contributed by atoms with van der Waals surface area (Å²) in [6.45, 7) is 0. The molecule has 0 aliphatic carbocycles. The first-order valence-corrected chi connectivity index (χ1v) is 5.51. The molecule has 0 spiro atoms. The third-order valence-corrected chi connectivity index (χ3v) is 2.78. The van der Waals surface area contributed by atoms with E-state index < -0.39 is 20.9 Å². The Balaban J connectivity index is 3.57. The van der Waals surface area contributed by atoms with Gasteiger partial charge in [-0.25, -0.2) is 4.39 Å². The Bertz CT molecular complexity index is 458. The summed E-state index contributed by atoms with van der Waals surface area (Å²) in [7, 11) is -3.99. The second kappa shape index (κ2) is 3.82. The van der Waals surface area contributed by atoms with Gasteiger partial charge in [0.05, 0.1) is 7.11 Å². The van der Waals surface area contributed by atoms with Gasteiger partial charge in [0, 0.05) is 4.47 Å². The highest BCUT2D eigenvalue weighted by Crippen LogP contribution is 2.31. The van der Waals surface area contributed by atoms with Gasteiger partial charge in [0.1, 0.15) is 11.6 Å². The van der Waals surface area contributed by atoms with E-state index in [1.54, 1.807) is 0 Å². The van der Waals surface area contributed by atoms with Crippen molar-refractivity contribution in [3.8, 4) is 5.75 Å². The van der Waals surface area contributed by atoms with Crippen LogP contribution in [0.5, 0.6) is 5.75 Å². The maximum atomic E-state index is 13.1. The summed E-state index contributed by atoms with van der Waals surface area (Å²) in [6.07, 6.45) is 0. The summed E-state index contributed by atoms with van der Waals surface area (Å²) in [5, 5.41) is 0. The fourth-order valence-corrected chi connectivity index (χ4v) is 2.01. The minimum atomic E-state index is -5.11. The van der Waals surface area contributed by atoms with Crippen molar-refractivity contribution in [2.45, 2.75) is 4.90 Å². The van der Waals surface area contributed by atoms with Crippen molar-refractivity contribution in [1.29, 1.82) is 0 Å². The van der Waals surface area contributed by atoms with Crippen LogP contribution in [0.2, 0.25) is 0 Å². The van der Waals surface area contributed by atoms with Crippen LogP contribution in [0.4, 0.5) is 8.28 Å². The Morgan fingerprint density at radius 3 is 2.43 bits per heavy atom. The van der Waals surface area contributed by atoms with Gasteiger partial charge >= 0.3 is 10.2 Å². The molecule has 7 heteroatoms. The molecule has 0 heterocycles. The fourth-order valence-electron chi connectivity index (χ4n) is 0.925. The van der Waals surface area contributed by atoms with E-state index in [-0.39, 0.29) is 10.2 Å². The highest BCUT2D eigenvalue weighted by Gasteiger charge is 2.24. The Morgan fingerprint density at radius 1 is 1.43 bits per heavy atom. The average molecular weight is 287 g/mol. The first-order chi connectivity index (χ1) is 6.36. The van der Waals surface area contributed by atoms with Crippen LogP contribution in [0.25, 0.3) is 0 Å². The summed E-state index contributed by atoms with van der Waals surface area (Å²) >= 11 is 2.92. The SMILES string of the molecule is COc1cc(Br)cc(F)c1S(=O)(=O)F. The van der Waals surface area contributed by atoms with E-state index >= 15 is 0 Å². The van der Waals surface area contributed by atoms with Crippen molar-refractivity contribution < 1.29 is 21.4 Å². The maximum Gasteiger partial charge on any atom is 0.338 e. The van der Waals surface area contributed by atoms with E-state index in [4.69, 9.17) is 0 Å². The van der Waals surface area contributed by atoms with E-state index in [0.29, 0.717) is 0 Å². The van der Waals surface area contributed by atoms with Crippen LogP contribution in [0.3, 0.4) is 0 Å². The Kier molecular flexibility index (Phi) is 3.10. The molecule has 0 saturated carbocycles. The van der Waals surface area contributed by atoms with Crippen molar-refractivity contribution in [3.63, 3.8) is 0 Å². The molecule has 0 atom stereocenters. The molecule has 1 aromatic rings. The first-order valence-electron chi connectivity index (χ1n) is 3.34. The van der Waals surface area contributed by atoms with Gasteiger partial charge < -0.3 is 4.74 Å². The van der Waals surface area contributed by atoms with Gasteiger partial charge in [0.15, 0.2) is 4.90 Å². The van der Waals surface area contributed by atoms with E-state index in [2.05, 4.69) is 20.7 Å². The number of ether oxygens (including phenoxy) is 1. The van der Waals surface area contributed by atoms with Crippen LogP contribution in [-0.4, -0.2) is 15.5 Å². The predicted molar refractivity (Wildman–Crippen MR) is 48.9 cm³/mol. The molecule has 0 aliphatic rings. The molecule has 14 heavy (non-hydrogen) atoms. The van der Waals surface area contributed by atoms with Gasteiger partial charge in [-0.05, 0) is 12.1 Å². The standard InChI is InChI=1S/C7H5BrF2O3S/c1-13-6-3-4(8)2-5(9)7(6)14(10,11)12/h2-3H,1H3. The molecule has 0 N–H and O–H groups in total. The van der Waals surface area contributed by atoms with Gasteiger partial charge in [-0.15, -0.1) is 3.89 Å². The lowest BCUT2D eigenvalue weighted by molar-refractivity contribution is 0.392. The molecular formula is C7H5BrF2O3S. The van der Waals surface area contributed by atoms with Crippen LogP contribution in [0, 0.1) is 5.82 Å². The van der Waals surface area contributed by atoms with Crippen molar-refractivity contribution in [2.24, 2.45) is 0 Å². The third kappa shape index (κ3) is 2.21. The molecule has 1 rings (SSSR count). The van der Waals surface area contributed by atoms with Gasteiger partial charge in [0.2, 0.25) is 0 Å². The van der Waals surface area contributed by atoms with Crippen molar-refractivity contribution in [2.75, 3.05) is 7.11 Å². The molecular weight excluding hydrogens is 282 g/mol. The normalized spacial score (nSPS) is 11.4. The summed E-state index contributed by atoms with van der Waals surface area (Å²) < 4.78 is 51.6. The van der Waals surface area contributed by atoms with Gasteiger partial charge in [-0.1, -0.05) is 15.9 Å². The average Bonchev–Trinajstić information content (AvgIpc) is 1.99. The zero-order chi connectivity index (χ0) is 10.9. The topological polar surface area (TPSA) is 43.4 Å². The molecule has 0 unspecified atom stereocenters. The number of hydrogen-bond donors (Lipinski definition) is 0. The Hall–Kier alpha value is -0.690. The van der Waals surface area contributed by atoms with Crippen LogP contribution in [0.1, 0.15) is 0 Å². The lowest BCUT2D eigenvalue weighted by Crippen LogP contribution is -2.00. The molecule has 1 aromatic carbocycles. The van der Waals surface area contributed by atoms with Gasteiger partial charge in [-0.2, -0.15) is 8.42 Å². The molecule has 78 valence electrons. The monoisotopic (exact) mass is 286 g/mol. The second-order valence-corrected chi connectivity index (χ2v) is 4.56. The molecule has 0 aliphatic heterocycles. The molecule has 0 aromatic heterocycles. The summed E-state index contributed by atoms with van der Waals surface area (Å²) in [5.74, 6) is -1.57. The minimum absolute atomic E-state index is 0.263. The van der Waals surface area contributed by atoms with E-state index in [1.807, 2.05) is 0 Å². The molecule has 0 saturated heterocycles. The van der Waals surface area contributed by atoms with E-state index in [9.17, 15) is 16.7 Å². The van der Waals surface area contributed by atoms with E-state index in [1.165, 1.54) is 0 Å². The quantitative estimate of drug-likeness (QED) is 0.784. The minimum Gasteiger partial charge on any atom is -0.495 e. The molecule has 3 nitrogen and oxygen atoms in total. The molecule has 0 fully saturated rings. The highest BCUT2D eigenvalue weighted by molar-refractivity contribution is 9.10. The van der Waals surface area contributed by atoms with Gasteiger partial charge in [0.25, 0.3) is 0 Å². The Morgan fingerprint density at radius 2 is 2.00 bits per heavy atom. The predicted octanol–water partition coefficient (Wildman–Crippen LogP) is 2.26. The molecule has 0 radical (unpaired) electrons. The van der Waals surface area contributed by atoms with Crippen LogP contribution in [0.15, 0.2) is 21.5 Å². The summed E-state index contributed by atoms with van der Waals surface area (Å²) in [5.41, 5.74) is 0. The van der Waals surface area contributed by atoms with Crippen LogP contribution < -0.4 is 4.74 Å². The Labute approximate surface area is 88.0 Å². The molecule has 0 bridgehead atoms. The summed E-state index contributed by atoms with van der Waals surface area (Å²) in [4.78, 5) is -1.08. The highest BCUT2D eigenvalue weighted by atomic mass is 79.9. The lowest BCUT2D eigenvalue weighted by atomic mass is 10.3. The smallest absolute Gasteiger partial charge is 0.338 e. The zero-order valence-corrected chi connectivity index (χ0v) is 9.32. The summed E-state index contributed by atoms with van der Waals surface area (Å²) in [6, 6.07) is 2.00. The van der Waals surface area contributed by atoms with Crippen molar-refractivity contribution in [3.05, 3.63) is 22.4 Å². The number of methoxy groups -OCH3 is 1. The fraction of sp³-hybridized carbons (Fsp3) is 0.143. The van der Waals surface area contributed by atoms with Crippen LogP contribution in [-0.2, 0) is 10.2 Å². The number of rotatable bonds is 2. The molecule has 0 amide bonds. The zero-order valence-electron chi connectivity index (χ0n) is 6.92. The van der Waals surface area contributed by atoms with Crippen LogP contribution >= 0.6 is 15.9 Å². The third-order valence-electron chi connectivity index (χ3n) is 1.44. The number of benzene rings is 1. The number of halogens is 3. The lowest BCUT2D eigenvalue weighted by Gasteiger charge is -2.06. The maximum absolute atomic E-state index is 13.1. The van der Waals surface area contributed by atoms with E-state index in [0.717, 1.165) is 19.2 Å². The largest absolute Gasteiger partial charge is 0.495 e. The van der Waals surface area contributed by atoms with Crippen molar-refractivity contribution >= 4 is 26.2 Å².